The lowest BCUT2D eigenvalue weighted by atomic mass is 10.1. The van der Waals surface area contributed by atoms with Crippen LogP contribution < -0.4 is 0 Å². The number of pyridine rings is 1. The third-order valence-electron chi connectivity index (χ3n) is 3.31. The highest BCUT2D eigenvalue weighted by Gasteiger charge is 2.11. The highest BCUT2D eigenvalue weighted by molar-refractivity contribution is 7.90. The van der Waals surface area contributed by atoms with Gasteiger partial charge in [-0.3, -0.25) is 0 Å². The van der Waals surface area contributed by atoms with E-state index >= 15 is 0 Å². The van der Waals surface area contributed by atoms with Crippen molar-refractivity contribution in [2.75, 3.05) is 6.26 Å². The van der Waals surface area contributed by atoms with E-state index in [1.807, 2.05) is 0 Å². The maximum absolute atomic E-state index is 11.5. The zero-order valence-corrected chi connectivity index (χ0v) is 13.0. The van der Waals surface area contributed by atoms with Crippen molar-refractivity contribution in [3.05, 3.63) is 60.4 Å². The molecule has 3 aromatic rings. The summed E-state index contributed by atoms with van der Waals surface area (Å²) in [6.07, 6.45) is 4.34. The van der Waals surface area contributed by atoms with Gasteiger partial charge in [-0.15, -0.1) is 0 Å². The van der Waals surface area contributed by atoms with Gasteiger partial charge in [-0.05, 0) is 24.3 Å². The summed E-state index contributed by atoms with van der Waals surface area (Å²) in [4.78, 5) is 4.49. The van der Waals surface area contributed by atoms with Crippen LogP contribution in [0.15, 0.2) is 59.8 Å². The standard InChI is InChI=1S/C16H12N4O2S/c1-23(21,22)14-4-2-13(3-5-14)15-7-9-19-20(15)16-10-12(11-17)6-8-18-16/h2-10H,1H3. The number of hydrogen-bond donors (Lipinski definition) is 0. The Morgan fingerprint density at radius 2 is 1.83 bits per heavy atom. The van der Waals surface area contributed by atoms with Crippen LogP contribution in [0, 0.1) is 11.3 Å². The molecule has 0 N–H and O–H groups in total. The summed E-state index contributed by atoms with van der Waals surface area (Å²) in [5.41, 5.74) is 2.05. The van der Waals surface area contributed by atoms with E-state index in [4.69, 9.17) is 5.26 Å². The first-order chi connectivity index (χ1) is 11.0. The molecule has 0 spiro atoms. The summed E-state index contributed by atoms with van der Waals surface area (Å²) in [5.74, 6) is 0.524. The number of rotatable bonds is 3. The molecule has 23 heavy (non-hydrogen) atoms. The van der Waals surface area contributed by atoms with Gasteiger partial charge in [0.1, 0.15) is 0 Å². The predicted octanol–water partition coefficient (Wildman–Crippen LogP) is 2.21. The van der Waals surface area contributed by atoms with Crippen molar-refractivity contribution in [1.29, 1.82) is 5.26 Å². The van der Waals surface area contributed by atoms with Crippen LogP contribution in [-0.2, 0) is 9.84 Å². The largest absolute Gasteiger partial charge is 0.237 e. The van der Waals surface area contributed by atoms with Crippen LogP contribution >= 0.6 is 0 Å². The van der Waals surface area contributed by atoms with Crippen molar-refractivity contribution < 1.29 is 8.42 Å². The number of sulfone groups is 1. The number of benzene rings is 1. The van der Waals surface area contributed by atoms with Gasteiger partial charge in [-0.1, -0.05) is 12.1 Å². The van der Waals surface area contributed by atoms with Crippen molar-refractivity contribution in [3.63, 3.8) is 0 Å². The molecule has 0 aliphatic rings. The number of aromatic nitrogens is 3. The Balaban J connectivity index is 2.06. The summed E-state index contributed by atoms with van der Waals surface area (Å²) in [5, 5.41) is 13.2. The van der Waals surface area contributed by atoms with E-state index in [0.717, 1.165) is 11.3 Å². The molecule has 0 amide bonds. The minimum absolute atomic E-state index is 0.261. The van der Waals surface area contributed by atoms with Crippen LogP contribution in [0.1, 0.15) is 5.56 Å². The molecule has 1 aromatic carbocycles. The molecule has 0 saturated carbocycles. The fourth-order valence-corrected chi connectivity index (χ4v) is 2.81. The fraction of sp³-hybridized carbons (Fsp3) is 0.0625. The Kier molecular flexibility index (Phi) is 3.68. The molecule has 0 unspecified atom stereocenters. The van der Waals surface area contributed by atoms with Crippen LogP contribution in [0.2, 0.25) is 0 Å². The first-order valence-corrected chi connectivity index (χ1v) is 8.59. The molecule has 114 valence electrons. The van der Waals surface area contributed by atoms with Crippen LogP contribution in [0.25, 0.3) is 17.1 Å². The molecule has 0 aliphatic carbocycles. The van der Waals surface area contributed by atoms with Gasteiger partial charge < -0.3 is 0 Å². The van der Waals surface area contributed by atoms with Gasteiger partial charge in [-0.2, -0.15) is 10.4 Å². The van der Waals surface area contributed by atoms with Crippen molar-refractivity contribution in [1.82, 2.24) is 14.8 Å². The average Bonchev–Trinajstić information content (AvgIpc) is 3.04. The monoisotopic (exact) mass is 324 g/mol. The lowest BCUT2D eigenvalue weighted by molar-refractivity contribution is 0.602. The minimum Gasteiger partial charge on any atom is -0.237 e. The number of nitriles is 1. The molecular formula is C16H12N4O2S. The van der Waals surface area contributed by atoms with E-state index in [2.05, 4.69) is 16.2 Å². The Hall–Kier alpha value is -2.98. The topological polar surface area (TPSA) is 88.6 Å². The fourth-order valence-electron chi connectivity index (χ4n) is 2.18. The highest BCUT2D eigenvalue weighted by Crippen LogP contribution is 2.23. The molecule has 2 aromatic heterocycles. The molecule has 6 nitrogen and oxygen atoms in total. The molecule has 0 saturated heterocycles. The lowest BCUT2D eigenvalue weighted by Crippen LogP contribution is -2.02. The molecule has 0 radical (unpaired) electrons. The Labute approximate surface area is 133 Å². The summed E-state index contributed by atoms with van der Waals surface area (Å²) >= 11 is 0. The van der Waals surface area contributed by atoms with Gasteiger partial charge >= 0.3 is 0 Å². The molecule has 0 atom stereocenters. The molecule has 0 fully saturated rings. The van der Waals surface area contributed by atoms with Crippen molar-refractivity contribution in [3.8, 4) is 23.1 Å². The van der Waals surface area contributed by atoms with Gasteiger partial charge in [0.25, 0.3) is 0 Å². The second kappa shape index (κ2) is 5.66. The maximum atomic E-state index is 11.5. The van der Waals surface area contributed by atoms with E-state index in [-0.39, 0.29) is 4.90 Å². The van der Waals surface area contributed by atoms with Crippen LogP contribution in [0.4, 0.5) is 0 Å². The van der Waals surface area contributed by atoms with Gasteiger partial charge in [-0.25, -0.2) is 18.1 Å². The van der Waals surface area contributed by atoms with Gasteiger partial charge in [0.05, 0.1) is 28.4 Å². The molecule has 0 aliphatic heterocycles. The zero-order valence-electron chi connectivity index (χ0n) is 12.2. The molecule has 2 heterocycles. The summed E-state index contributed by atoms with van der Waals surface area (Å²) < 4.78 is 24.7. The summed E-state index contributed by atoms with van der Waals surface area (Å²) in [6.45, 7) is 0. The number of nitrogens with zero attached hydrogens (tertiary/aromatic N) is 4. The van der Waals surface area contributed by atoms with Crippen molar-refractivity contribution in [2.45, 2.75) is 4.90 Å². The SMILES string of the molecule is CS(=O)(=O)c1ccc(-c2ccnn2-c2cc(C#N)ccn2)cc1. The third kappa shape index (κ3) is 2.98. The lowest BCUT2D eigenvalue weighted by Gasteiger charge is -2.07. The predicted molar refractivity (Wildman–Crippen MR) is 84.6 cm³/mol. The molecule has 0 bridgehead atoms. The van der Waals surface area contributed by atoms with E-state index in [0.29, 0.717) is 11.4 Å². The van der Waals surface area contributed by atoms with Crippen LogP contribution in [-0.4, -0.2) is 29.4 Å². The van der Waals surface area contributed by atoms with Gasteiger partial charge in [0.2, 0.25) is 0 Å². The number of hydrogen-bond acceptors (Lipinski definition) is 5. The quantitative estimate of drug-likeness (QED) is 0.737. The molecule has 7 heteroatoms. The Bertz CT molecular complexity index is 999. The van der Waals surface area contributed by atoms with Crippen LogP contribution in [0.3, 0.4) is 0 Å². The highest BCUT2D eigenvalue weighted by atomic mass is 32.2. The Morgan fingerprint density at radius 1 is 1.09 bits per heavy atom. The molecule has 3 rings (SSSR count). The zero-order chi connectivity index (χ0) is 16.4. The second-order valence-corrected chi connectivity index (χ2v) is 6.96. The summed E-state index contributed by atoms with van der Waals surface area (Å²) in [6, 6.07) is 13.7. The average molecular weight is 324 g/mol. The normalized spacial score (nSPS) is 11.1. The van der Waals surface area contributed by atoms with Crippen molar-refractivity contribution in [2.24, 2.45) is 0 Å². The third-order valence-corrected chi connectivity index (χ3v) is 4.44. The first kappa shape index (κ1) is 14.9. The Morgan fingerprint density at radius 3 is 2.48 bits per heavy atom. The van der Waals surface area contributed by atoms with Gasteiger partial charge in [0, 0.05) is 24.1 Å². The van der Waals surface area contributed by atoms with E-state index in [9.17, 15) is 8.42 Å². The molecular weight excluding hydrogens is 312 g/mol. The minimum atomic E-state index is -3.23. The van der Waals surface area contributed by atoms with Crippen molar-refractivity contribution >= 4 is 9.84 Å². The van der Waals surface area contributed by atoms with E-state index in [1.165, 1.54) is 6.26 Å². The summed E-state index contributed by atoms with van der Waals surface area (Å²) in [7, 11) is -3.23. The van der Waals surface area contributed by atoms with E-state index < -0.39 is 9.84 Å². The smallest absolute Gasteiger partial charge is 0.175 e. The van der Waals surface area contributed by atoms with E-state index in [1.54, 1.807) is 59.5 Å². The second-order valence-electron chi connectivity index (χ2n) is 4.94. The van der Waals surface area contributed by atoms with Crippen LogP contribution in [0.5, 0.6) is 0 Å². The maximum Gasteiger partial charge on any atom is 0.175 e. The van der Waals surface area contributed by atoms with Gasteiger partial charge in [0.15, 0.2) is 15.7 Å². The first-order valence-electron chi connectivity index (χ1n) is 6.70.